The van der Waals surface area contributed by atoms with Crippen molar-refractivity contribution in [3.63, 3.8) is 0 Å². The predicted molar refractivity (Wildman–Crippen MR) is 57.1 cm³/mol. The quantitative estimate of drug-likeness (QED) is 0.677. The van der Waals surface area contributed by atoms with E-state index in [0.717, 1.165) is 50.9 Å². The van der Waals surface area contributed by atoms with Crippen LogP contribution in [-0.2, 0) is 9.47 Å². The molecule has 0 amide bonds. The minimum Gasteiger partial charge on any atom is -0.479 e. The molecule has 0 fully saturated rings. The molecule has 0 spiro atoms. The lowest BCUT2D eigenvalue weighted by Crippen LogP contribution is -1.94. The van der Waals surface area contributed by atoms with Crippen LogP contribution in [0.2, 0.25) is 0 Å². The zero-order chi connectivity index (χ0) is 10.2. The zero-order valence-corrected chi connectivity index (χ0v) is 8.95. The first-order valence-corrected chi connectivity index (χ1v) is 5.19. The first-order chi connectivity index (χ1) is 6.86. The summed E-state index contributed by atoms with van der Waals surface area (Å²) >= 11 is 0. The van der Waals surface area contributed by atoms with E-state index in [-0.39, 0.29) is 0 Å². The highest BCUT2D eigenvalue weighted by atomic mass is 16.5. The van der Waals surface area contributed by atoms with E-state index in [0.29, 0.717) is 0 Å². The fourth-order valence-electron chi connectivity index (χ4n) is 1.19. The molecule has 0 aromatic heterocycles. The van der Waals surface area contributed by atoms with Gasteiger partial charge in [-0.3, -0.25) is 9.98 Å². The van der Waals surface area contributed by atoms with Crippen molar-refractivity contribution in [2.45, 2.75) is 26.7 Å². The fraction of sp³-hybridized carbons (Fsp3) is 0.800. The Morgan fingerprint density at radius 3 is 1.50 bits per heavy atom. The van der Waals surface area contributed by atoms with Gasteiger partial charge in [-0.2, -0.15) is 0 Å². The minimum absolute atomic E-state index is 0.795. The molecule has 2 aliphatic rings. The average molecular weight is 198 g/mol. The summed E-state index contributed by atoms with van der Waals surface area (Å²) in [5.41, 5.74) is 0. The second-order valence-electron chi connectivity index (χ2n) is 2.95. The van der Waals surface area contributed by atoms with Gasteiger partial charge in [-0.15, -0.1) is 0 Å². The van der Waals surface area contributed by atoms with Crippen molar-refractivity contribution >= 4 is 11.8 Å². The van der Waals surface area contributed by atoms with Crippen molar-refractivity contribution in [1.29, 1.82) is 0 Å². The molecule has 0 saturated heterocycles. The molecule has 2 aliphatic heterocycles. The Labute approximate surface area is 85.0 Å². The van der Waals surface area contributed by atoms with Crippen LogP contribution >= 0.6 is 0 Å². The van der Waals surface area contributed by atoms with E-state index < -0.39 is 0 Å². The first kappa shape index (κ1) is 11.0. The summed E-state index contributed by atoms with van der Waals surface area (Å²) in [5.74, 6) is 1.83. The zero-order valence-electron chi connectivity index (χ0n) is 8.95. The van der Waals surface area contributed by atoms with Gasteiger partial charge in [0.05, 0.1) is 13.1 Å². The molecule has 0 aliphatic carbocycles. The molecule has 4 nitrogen and oxygen atoms in total. The summed E-state index contributed by atoms with van der Waals surface area (Å²) in [6.07, 6.45) is 1.89. The maximum atomic E-state index is 5.05. The van der Waals surface area contributed by atoms with Crippen molar-refractivity contribution in [3.05, 3.63) is 0 Å². The number of hydrogen-bond donors (Lipinski definition) is 0. The Bertz CT molecular complexity index is 200. The highest BCUT2D eigenvalue weighted by Gasteiger charge is 2.01. The van der Waals surface area contributed by atoms with Crippen molar-refractivity contribution in [2.75, 3.05) is 26.3 Å². The Morgan fingerprint density at radius 1 is 0.929 bits per heavy atom. The standard InChI is InChI=1S/2C5H9NO/c2*1-2-5-6-3-4-7-5/h2*2-4H2,1H3. The van der Waals surface area contributed by atoms with Crippen LogP contribution in [0.1, 0.15) is 26.7 Å². The lowest BCUT2D eigenvalue weighted by Gasteiger charge is -1.91. The molecule has 14 heavy (non-hydrogen) atoms. The van der Waals surface area contributed by atoms with Gasteiger partial charge in [-0.1, -0.05) is 13.8 Å². The largest absolute Gasteiger partial charge is 0.479 e. The number of aliphatic imine (C=N–C) groups is 2. The molecule has 0 bridgehead atoms. The lowest BCUT2D eigenvalue weighted by atomic mass is 10.5. The summed E-state index contributed by atoms with van der Waals surface area (Å²) in [6.45, 7) is 7.41. The number of hydrogen-bond acceptors (Lipinski definition) is 4. The van der Waals surface area contributed by atoms with Gasteiger partial charge in [-0.25, -0.2) is 0 Å². The molecule has 0 radical (unpaired) electrons. The molecule has 0 N–H and O–H groups in total. The third-order valence-electron chi connectivity index (χ3n) is 1.90. The predicted octanol–water partition coefficient (Wildman–Crippen LogP) is 1.65. The molecular weight excluding hydrogens is 180 g/mol. The Kier molecular flexibility index (Phi) is 5.04. The number of rotatable bonds is 2. The van der Waals surface area contributed by atoms with Crippen LogP contribution in [0, 0.1) is 0 Å². The molecule has 2 heterocycles. The molecule has 0 atom stereocenters. The van der Waals surface area contributed by atoms with Crippen LogP contribution in [0.5, 0.6) is 0 Å². The average Bonchev–Trinajstić information content (AvgIpc) is 2.92. The smallest absolute Gasteiger partial charge is 0.183 e. The Morgan fingerprint density at radius 2 is 1.36 bits per heavy atom. The fourth-order valence-corrected chi connectivity index (χ4v) is 1.19. The molecule has 0 unspecified atom stereocenters. The maximum Gasteiger partial charge on any atom is 0.183 e. The van der Waals surface area contributed by atoms with Gasteiger partial charge in [-0.05, 0) is 0 Å². The second-order valence-corrected chi connectivity index (χ2v) is 2.95. The van der Waals surface area contributed by atoms with Gasteiger partial charge in [0.2, 0.25) is 0 Å². The molecular formula is C10H18N2O2. The summed E-state index contributed by atoms with van der Waals surface area (Å²) in [5, 5.41) is 0. The Balaban J connectivity index is 0.000000140. The third kappa shape index (κ3) is 3.77. The van der Waals surface area contributed by atoms with Crippen LogP contribution in [0.3, 0.4) is 0 Å². The van der Waals surface area contributed by atoms with E-state index >= 15 is 0 Å². The monoisotopic (exact) mass is 198 g/mol. The summed E-state index contributed by atoms with van der Waals surface area (Å²) in [4.78, 5) is 8.10. The maximum absolute atomic E-state index is 5.05. The number of ether oxygens (including phenoxy) is 2. The minimum atomic E-state index is 0.795. The number of nitrogens with zero attached hydrogens (tertiary/aromatic N) is 2. The van der Waals surface area contributed by atoms with Crippen LogP contribution < -0.4 is 0 Å². The highest BCUT2D eigenvalue weighted by molar-refractivity contribution is 5.77. The molecule has 0 aromatic rings. The van der Waals surface area contributed by atoms with E-state index in [2.05, 4.69) is 9.98 Å². The van der Waals surface area contributed by atoms with E-state index in [9.17, 15) is 0 Å². The summed E-state index contributed by atoms with van der Waals surface area (Å²) < 4.78 is 10.1. The van der Waals surface area contributed by atoms with Crippen LogP contribution in [0.15, 0.2) is 9.98 Å². The van der Waals surface area contributed by atoms with Gasteiger partial charge in [0.25, 0.3) is 0 Å². The van der Waals surface area contributed by atoms with E-state index in [1.807, 2.05) is 13.8 Å². The molecule has 4 heteroatoms. The molecule has 80 valence electrons. The van der Waals surface area contributed by atoms with E-state index in [4.69, 9.17) is 9.47 Å². The van der Waals surface area contributed by atoms with E-state index in [1.54, 1.807) is 0 Å². The normalized spacial score (nSPS) is 18.7. The first-order valence-electron chi connectivity index (χ1n) is 5.19. The third-order valence-corrected chi connectivity index (χ3v) is 1.90. The van der Waals surface area contributed by atoms with Crippen LogP contribution in [-0.4, -0.2) is 38.1 Å². The summed E-state index contributed by atoms with van der Waals surface area (Å²) in [7, 11) is 0. The van der Waals surface area contributed by atoms with Gasteiger partial charge >= 0.3 is 0 Å². The van der Waals surface area contributed by atoms with Crippen LogP contribution in [0.25, 0.3) is 0 Å². The highest BCUT2D eigenvalue weighted by Crippen LogP contribution is 1.96. The lowest BCUT2D eigenvalue weighted by molar-refractivity contribution is 0.339. The van der Waals surface area contributed by atoms with Crippen molar-refractivity contribution in [2.24, 2.45) is 9.98 Å². The van der Waals surface area contributed by atoms with Crippen molar-refractivity contribution in [3.8, 4) is 0 Å². The topological polar surface area (TPSA) is 43.2 Å². The Hall–Kier alpha value is -1.06. The van der Waals surface area contributed by atoms with Crippen LogP contribution in [0.4, 0.5) is 0 Å². The molecule has 0 saturated carbocycles. The summed E-state index contributed by atoms with van der Waals surface area (Å²) in [6, 6.07) is 0. The molecule has 0 aromatic carbocycles. The molecule has 2 rings (SSSR count). The SMILES string of the molecule is CCC1=NCCO1.CCC1=NCCO1. The van der Waals surface area contributed by atoms with Gasteiger partial charge in [0.15, 0.2) is 11.8 Å². The second kappa shape index (κ2) is 6.40. The van der Waals surface area contributed by atoms with Gasteiger partial charge in [0.1, 0.15) is 13.2 Å². The van der Waals surface area contributed by atoms with Crippen molar-refractivity contribution in [1.82, 2.24) is 0 Å². The van der Waals surface area contributed by atoms with Crippen molar-refractivity contribution < 1.29 is 9.47 Å². The van der Waals surface area contributed by atoms with Gasteiger partial charge in [0, 0.05) is 12.8 Å². The van der Waals surface area contributed by atoms with Gasteiger partial charge < -0.3 is 9.47 Å². The van der Waals surface area contributed by atoms with E-state index in [1.165, 1.54) is 0 Å².